The number of carbonyl (C=O) groups is 1. The molecule has 0 radical (unpaired) electrons. The highest BCUT2D eigenvalue weighted by molar-refractivity contribution is 6.30. The van der Waals surface area contributed by atoms with Crippen LogP contribution in [0.4, 0.5) is 4.39 Å². The quantitative estimate of drug-likeness (QED) is 0.707. The molecule has 6 heteroatoms. The molecule has 0 saturated carbocycles. The van der Waals surface area contributed by atoms with E-state index < -0.39 is 0 Å². The number of rotatable bonds is 5. The van der Waals surface area contributed by atoms with E-state index in [1.165, 1.54) is 18.2 Å². The number of hydrogen-bond acceptors (Lipinski definition) is 2. The highest BCUT2D eigenvalue weighted by atomic mass is 35.5. The van der Waals surface area contributed by atoms with Crippen molar-refractivity contribution in [2.45, 2.75) is 6.42 Å². The van der Waals surface area contributed by atoms with Gasteiger partial charge in [-0.15, -0.1) is 0 Å². The maximum Gasteiger partial charge on any atom is 0.244 e. The monoisotopic (exact) mass is 357 g/mol. The Balaban J connectivity index is 1.56. The predicted octanol–water partition coefficient (Wildman–Crippen LogP) is 3.74. The van der Waals surface area contributed by atoms with E-state index in [2.05, 4.69) is 10.3 Å². The van der Waals surface area contributed by atoms with Crippen molar-refractivity contribution in [2.24, 2.45) is 7.05 Å². The van der Waals surface area contributed by atoms with Crippen molar-refractivity contribution in [3.05, 3.63) is 70.8 Å². The van der Waals surface area contributed by atoms with Crippen LogP contribution in [-0.4, -0.2) is 22.0 Å². The fourth-order valence-corrected chi connectivity index (χ4v) is 2.66. The average molecular weight is 358 g/mol. The van der Waals surface area contributed by atoms with Gasteiger partial charge < -0.3 is 9.88 Å². The van der Waals surface area contributed by atoms with Crippen LogP contribution >= 0.6 is 11.6 Å². The van der Waals surface area contributed by atoms with Gasteiger partial charge in [-0.3, -0.25) is 4.79 Å². The maximum atomic E-state index is 13.3. The lowest BCUT2D eigenvalue weighted by Crippen LogP contribution is -2.24. The Labute approximate surface area is 149 Å². The van der Waals surface area contributed by atoms with Crippen LogP contribution in [0.1, 0.15) is 11.4 Å². The summed E-state index contributed by atoms with van der Waals surface area (Å²) < 4.78 is 15.2. The number of aryl methyl sites for hydroxylation is 1. The molecule has 0 fully saturated rings. The number of benzene rings is 2. The van der Waals surface area contributed by atoms with Crippen molar-refractivity contribution in [3.8, 4) is 0 Å². The Morgan fingerprint density at radius 1 is 1.28 bits per heavy atom. The van der Waals surface area contributed by atoms with Crippen molar-refractivity contribution < 1.29 is 9.18 Å². The first-order valence-corrected chi connectivity index (χ1v) is 8.23. The second-order valence-electron chi connectivity index (χ2n) is 5.65. The Morgan fingerprint density at radius 3 is 2.80 bits per heavy atom. The van der Waals surface area contributed by atoms with Crippen LogP contribution in [0.5, 0.6) is 0 Å². The molecule has 25 heavy (non-hydrogen) atoms. The molecule has 128 valence electrons. The van der Waals surface area contributed by atoms with Gasteiger partial charge in [0.2, 0.25) is 5.91 Å². The number of fused-ring (bicyclic) bond motifs is 1. The van der Waals surface area contributed by atoms with Crippen LogP contribution in [0.15, 0.2) is 48.5 Å². The van der Waals surface area contributed by atoms with Gasteiger partial charge in [0.15, 0.2) is 0 Å². The summed E-state index contributed by atoms with van der Waals surface area (Å²) in [5.41, 5.74) is 2.38. The molecule has 0 atom stereocenters. The second-order valence-corrected chi connectivity index (χ2v) is 6.08. The van der Waals surface area contributed by atoms with Gasteiger partial charge in [-0.2, -0.15) is 0 Å². The van der Waals surface area contributed by atoms with Crippen molar-refractivity contribution >= 4 is 34.6 Å². The number of nitrogens with zero attached hydrogens (tertiary/aromatic N) is 2. The number of carbonyl (C=O) groups excluding carboxylic acids is 1. The van der Waals surface area contributed by atoms with Gasteiger partial charge in [0.25, 0.3) is 0 Å². The molecule has 0 spiro atoms. The van der Waals surface area contributed by atoms with Gasteiger partial charge in [-0.05, 0) is 42.0 Å². The first-order valence-electron chi connectivity index (χ1n) is 7.85. The summed E-state index contributed by atoms with van der Waals surface area (Å²) in [5.74, 6) is 0.324. The van der Waals surface area contributed by atoms with Gasteiger partial charge >= 0.3 is 0 Å². The van der Waals surface area contributed by atoms with E-state index in [0.717, 1.165) is 22.4 Å². The fourth-order valence-electron chi connectivity index (χ4n) is 2.54. The van der Waals surface area contributed by atoms with Crippen molar-refractivity contribution in [2.75, 3.05) is 6.54 Å². The molecule has 4 nitrogen and oxygen atoms in total. The molecular weight excluding hydrogens is 341 g/mol. The molecule has 0 unspecified atom stereocenters. The van der Waals surface area contributed by atoms with E-state index in [1.54, 1.807) is 24.3 Å². The normalized spacial score (nSPS) is 11.3. The number of halogens is 2. The van der Waals surface area contributed by atoms with Crippen LogP contribution in [0.25, 0.3) is 17.1 Å². The zero-order valence-electron chi connectivity index (χ0n) is 13.7. The minimum atomic E-state index is -0.289. The summed E-state index contributed by atoms with van der Waals surface area (Å²) in [7, 11) is 1.84. The van der Waals surface area contributed by atoms with E-state index in [-0.39, 0.29) is 11.7 Å². The number of hydrogen-bond donors (Lipinski definition) is 1. The molecule has 0 aliphatic rings. The SMILES string of the molecule is Cn1c(CCNC(=O)/C=C/c2ccc(Cl)cc2)nc2ccc(F)cc21. The molecular formula is C19H17ClFN3O. The first kappa shape index (κ1) is 17.2. The lowest BCUT2D eigenvalue weighted by Gasteiger charge is -2.03. The smallest absolute Gasteiger partial charge is 0.244 e. The van der Waals surface area contributed by atoms with E-state index in [9.17, 15) is 9.18 Å². The van der Waals surface area contributed by atoms with E-state index in [4.69, 9.17) is 11.6 Å². The predicted molar refractivity (Wildman–Crippen MR) is 97.9 cm³/mol. The lowest BCUT2D eigenvalue weighted by atomic mass is 10.2. The molecule has 3 rings (SSSR count). The van der Waals surface area contributed by atoms with Crippen LogP contribution in [0, 0.1) is 5.82 Å². The molecule has 3 aromatic rings. The summed E-state index contributed by atoms with van der Waals surface area (Å²) in [5, 5.41) is 3.47. The van der Waals surface area contributed by atoms with Gasteiger partial charge in [0.05, 0.1) is 11.0 Å². The number of aromatic nitrogens is 2. The summed E-state index contributed by atoms with van der Waals surface area (Å²) in [6.45, 7) is 0.448. The molecule has 0 bridgehead atoms. The van der Waals surface area contributed by atoms with Crippen LogP contribution in [0.3, 0.4) is 0 Å². The van der Waals surface area contributed by atoms with Crippen LogP contribution in [0.2, 0.25) is 5.02 Å². The molecule has 1 heterocycles. The number of nitrogens with one attached hydrogen (secondary N) is 1. The molecule has 0 aliphatic carbocycles. The van der Waals surface area contributed by atoms with Crippen LogP contribution in [-0.2, 0) is 18.3 Å². The highest BCUT2D eigenvalue weighted by Crippen LogP contribution is 2.16. The third-order valence-corrected chi connectivity index (χ3v) is 4.13. The Bertz CT molecular complexity index is 932. The fraction of sp³-hybridized carbons (Fsp3) is 0.158. The van der Waals surface area contributed by atoms with Gasteiger partial charge in [-0.25, -0.2) is 9.37 Å². The summed E-state index contributed by atoms with van der Waals surface area (Å²) in [6, 6.07) is 11.7. The highest BCUT2D eigenvalue weighted by Gasteiger charge is 2.08. The largest absolute Gasteiger partial charge is 0.352 e. The topological polar surface area (TPSA) is 46.9 Å². The Hall–Kier alpha value is -2.66. The Morgan fingerprint density at radius 2 is 2.04 bits per heavy atom. The van der Waals surface area contributed by atoms with Crippen molar-refractivity contribution in [3.63, 3.8) is 0 Å². The van der Waals surface area contributed by atoms with Gasteiger partial charge in [0.1, 0.15) is 11.6 Å². The van der Waals surface area contributed by atoms with E-state index in [0.29, 0.717) is 18.0 Å². The Kier molecular flexibility index (Phi) is 5.14. The molecule has 1 N–H and O–H groups in total. The molecule has 0 aliphatic heterocycles. The number of imidazole rings is 1. The maximum absolute atomic E-state index is 13.3. The minimum absolute atomic E-state index is 0.181. The molecule has 1 aromatic heterocycles. The molecule has 2 aromatic carbocycles. The first-order chi connectivity index (χ1) is 12.0. The molecule has 1 amide bonds. The average Bonchev–Trinajstić information content (AvgIpc) is 2.90. The number of amides is 1. The van der Waals surface area contributed by atoms with Gasteiger partial charge in [0, 0.05) is 31.1 Å². The third-order valence-electron chi connectivity index (χ3n) is 3.88. The van der Waals surface area contributed by atoms with Gasteiger partial charge in [-0.1, -0.05) is 23.7 Å². The zero-order chi connectivity index (χ0) is 17.8. The summed E-state index contributed by atoms with van der Waals surface area (Å²) in [4.78, 5) is 16.3. The lowest BCUT2D eigenvalue weighted by molar-refractivity contribution is -0.116. The summed E-state index contributed by atoms with van der Waals surface area (Å²) >= 11 is 5.82. The minimum Gasteiger partial charge on any atom is -0.352 e. The summed E-state index contributed by atoms with van der Waals surface area (Å²) in [6.07, 6.45) is 3.77. The molecule has 0 saturated heterocycles. The standard InChI is InChI=1S/C19H17ClFN3O/c1-24-17-12-15(21)7-8-16(17)23-18(24)10-11-22-19(25)9-4-13-2-5-14(20)6-3-13/h2-9,12H,10-11H2,1H3,(H,22,25)/b9-4+. The van der Waals surface area contributed by atoms with E-state index >= 15 is 0 Å². The zero-order valence-corrected chi connectivity index (χ0v) is 14.4. The van der Waals surface area contributed by atoms with E-state index in [1.807, 2.05) is 23.7 Å². The van der Waals surface area contributed by atoms with Crippen molar-refractivity contribution in [1.82, 2.24) is 14.9 Å². The van der Waals surface area contributed by atoms with Crippen LogP contribution < -0.4 is 5.32 Å². The third kappa shape index (κ3) is 4.25. The van der Waals surface area contributed by atoms with Crippen molar-refractivity contribution in [1.29, 1.82) is 0 Å². The second kappa shape index (κ2) is 7.49.